The minimum atomic E-state index is -0.608. The van der Waals surface area contributed by atoms with Gasteiger partial charge in [0.15, 0.2) is 5.76 Å². The molecule has 0 amide bonds. The molecular weight excluding hydrogens is 326 g/mol. The number of hydrogen-bond acceptors (Lipinski definition) is 4. The Bertz CT molecular complexity index is 900. The molecule has 2 N–H and O–H groups in total. The second-order valence-electron chi connectivity index (χ2n) is 8.17. The monoisotopic (exact) mass is 355 g/mol. The van der Waals surface area contributed by atoms with Gasteiger partial charge in [0.1, 0.15) is 0 Å². The summed E-state index contributed by atoms with van der Waals surface area (Å²) in [4.78, 5) is 5.52. The summed E-state index contributed by atoms with van der Waals surface area (Å²) in [6.07, 6.45) is 0.164. The van der Waals surface area contributed by atoms with Gasteiger partial charge in [0.2, 0.25) is 0 Å². The van der Waals surface area contributed by atoms with Gasteiger partial charge in [-0.3, -0.25) is 0 Å². The smallest absolute Gasteiger partial charge is 0.151 e. The Morgan fingerprint density at radius 3 is 2.54 bits per heavy atom. The first kappa shape index (κ1) is 18.7. The molecule has 0 aliphatic carbocycles. The van der Waals surface area contributed by atoms with Gasteiger partial charge >= 0.3 is 0 Å². The molecule has 2 heterocycles. The molecule has 0 fully saturated rings. The van der Waals surface area contributed by atoms with Crippen LogP contribution in [0.3, 0.4) is 0 Å². The molecule has 0 radical (unpaired) electrons. The molecule has 5 nitrogen and oxygen atoms in total. The number of rotatable bonds is 5. The van der Waals surface area contributed by atoms with Gasteiger partial charge in [-0.2, -0.15) is 0 Å². The standard InChI is InChI=1S/C21H29N3O2/c1-7-14-18(20(26-23-14)21(2,3)4)19-17(16(25)12-24(5)6)13-10-8-9-11-15(13)22-19/h8-11,16,22,25H,7,12H2,1-6H3. The normalized spacial score (nSPS) is 13.7. The van der Waals surface area contributed by atoms with Crippen molar-refractivity contribution < 1.29 is 9.63 Å². The van der Waals surface area contributed by atoms with Crippen LogP contribution in [-0.4, -0.2) is 40.8 Å². The molecular formula is C21H29N3O2. The zero-order chi connectivity index (χ0) is 19.1. The number of benzene rings is 1. The number of nitrogens with zero attached hydrogens (tertiary/aromatic N) is 2. The second kappa shape index (κ2) is 6.89. The largest absolute Gasteiger partial charge is 0.387 e. The Morgan fingerprint density at radius 2 is 1.92 bits per heavy atom. The molecule has 5 heteroatoms. The Kier molecular flexibility index (Phi) is 4.95. The fourth-order valence-corrected chi connectivity index (χ4v) is 3.48. The third-order valence-corrected chi connectivity index (χ3v) is 4.65. The molecule has 2 aromatic heterocycles. The fraction of sp³-hybridized carbons (Fsp3) is 0.476. The van der Waals surface area contributed by atoms with Gasteiger partial charge in [-0.15, -0.1) is 0 Å². The lowest BCUT2D eigenvalue weighted by Gasteiger charge is -2.20. The predicted molar refractivity (Wildman–Crippen MR) is 105 cm³/mol. The Hall–Kier alpha value is -2.11. The van der Waals surface area contributed by atoms with Gasteiger partial charge in [-0.1, -0.05) is 51.1 Å². The van der Waals surface area contributed by atoms with Crippen molar-refractivity contribution in [3.05, 3.63) is 41.3 Å². The number of aliphatic hydroxyl groups is 1. The third kappa shape index (κ3) is 3.29. The summed E-state index contributed by atoms with van der Waals surface area (Å²) in [5.74, 6) is 0.846. The summed E-state index contributed by atoms with van der Waals surface area (Å²) >= 11 is 0. The first-order valence-electron chi connectivity index (χ1n) is 9.16. The van der Waals surface area contributed by atoms with Crippen LogP contribution in [0.5, 0.6) is 0 Å². The lowest BCUT2D eigenvalue weighted by Crippen LogP contribution is -2.20. The van der Waals surface area contributed by atoms with Crippen molar-refractivity contribution in [2.75, 3.05) is 20.6 Å². The van der Waals surface area contributed by atoms with E-state index in [1.54, 1.807) is 0 Å². The molecule has 1 atom stereocenters. The van der Waals surface area contributed by atoms with Crippen molar-refractivity contribution in [2.24, 2.45) is 0 Å². The van der Waals surface area contributed by atoms with Gasteiger partial charge < -0.3 is 19.5 Å². The van der Waals surface area contributed by atoms with Crippen LogP contribution in [0, 0.1) is 0 Å². The molecule has 0 aliphatic rings. The van der Waals surface area contributed by atoms with Crippen LogP contribution in [0.4, 0.5) is 0 Å². The molecule has 0 spiro atoms. The number of hydrogen-bond donors (Lipinski definition) is 2. The van der Waals surface area contributed by atoms with E-state index in [0.717, 1.165) is 45.6 Å². The van der Waals surface area contributed by atoms with Crippen molar-refractivity contribution in [2.45, 2.75) is 45.6 Å². The number of nitrogens with one attached hydrogen (secondary N) is 1. The number of aryl methyl sites for hydroxylation is 1. The molecule has 140 valence electrons. The van der Waals surface area contributed by atoms with Crippen LogP contribution < -0.4 is 0 Å². The highest BCUT2D eigenvalue weighted by Crippen LogP contribution is 2.41. The lowest BCUT2D eigenvalue weighted by molar-refractivity contribution is 0.140. The number of aromatic amines is 1. The molecule has 1 unspecified atom stereocenters. The lowest BCUT2D eigenvalue weighted by atomic mass is 9.87. The van der Waals surface area contributed by atoms with E-state index in [1.807, 2.05) is 37.2 Å². The molecule has 1 aromatic carbocycles. The van der Waals surface area contributed by atoms with Gasteiger partial charge in [-0.25, -0.2) is 0 Å². The number of aliphatic hydroxyl groups excluding tert-OH is 1. The maximum absolute atomic E-state index is 11.0. The summed E-state index contributed by atoms with van der Waals surface area (Å²) in [6.45, 7) is 8.98. The topological polar surface area (TPSA) is 65.3 Å². The van der Waals surface area contributed by atoms with Crippen molar-refractivity contribution in [3.8, 4) is 11.3 Å². The van der Waals surface area contributed by atoms with Crippen LogP contribution in [0.1, 0.15) is 50.8 Å². The Morgan fingerprint density at radius 1 is 1.23 bits per heavy atom. The van der Waals surface area contributed by atoms with Crippen LogP contribution in [0.15, 0.2) is 28.8 Å². The number of para-hydroxylation sites is 1. The van der Waals surface area contributed by atoms with Gasteiger partial charge in [0, 0.05) is 28.4 Å². The van der Waals surface area contributed by atoms with Crippen LogP contribution in [-0.2, 0) is 11.8 Å². The third-order valence-electron chi connectivity index (χ3n) is 4.65. The number of fused-ring (bicyclic) bond motifs is 1. The summed E-state index contributed by atoms with van der Waals surface area (Å²) < 4.78 is 5.76. The molecule has 3 aromatic rings. The SMILES string of the molecule is CCc1noc(C(C)(C)C)c1-c1[nH]c2ccccc2c1C(O)CN(C)C. The first-order valence-corrected chi connectivity index (χ1v) is 9.16. The highest BCUT2D eigenvalue weighted by atomic mass is 16.5. The summed E-state index contributed by atoms with van der Waals surface area (Å²) in [5.41, 5.74) is 4.57. The first-order chi connectivity index (χ1) is 12.2. The van der Waals surface area contributed by atoms with E-state index in [2.05, 4.69) is 43.9 Å². The molecule has 0 bridgehead atoms. The zero-order valence-electron chi connectivity index (χ0n) is 16.6. The highest BCUT2D eigenvalue weighted by Gasteiger charge is 2.31. The van der Waals surface area contributed by atoms with Crippen LogP contribution in [0.2, 0.25) is 0 Å². The van der Waals surface area contributed by atoms with Crippen molar-refractivity contribution >= 4 is 10.9 Å². The van der Waals surface area contributed by atoms with Crippen molar-refractivity contribution in [1.29, 1.82) is 0 Å². The quantitative estimate of drug-likeness (QED) is 0.717. The average molecular weight is 355 g/mol. The number of H-pyrrole nitrogens is 1. The average Bonchev–Trinajstić information content (AvgIpc) is 3.14. The molecule has 0 aliphatic heterocycles. The molecule has 0 saturated carbocycles. The van der Waals surface area contributed by atoms with Crippen LogP contribution >= 0.6 is 0 Å². The van der Waals surface area contributed by atoms with Gasteiger partial charge in [-0.05, 0) is 26.6 Å². The van der Waals surface area contributed by atoms with Gasteiger partial charge in [0.05, 0.1) is 23.1 Å². The Labute approximate surface area is 155 Å². The summed E-state index contributed by atoms with van der Waals surface area (Å²) in [5, 5.41) is 16.4. The van der Waals surface area contributed by atoms with Crippen molar-refractivity contribution in [1.82, 2.24) is 15.0 Å². The maximum Gasteiger partial charge on any atom is 0.151 e. The Balaban J connectivity index is 2.31. The van der Waals surface area contributed by atoms with E-state index in [4.69, 9.17) is 4.52 Å². The second-order valence-corrected chi connectivity index (χ2v) is 8.17. The van der Waals surface area contributed by atoms with Gasteiger partial charge in [0.25, 0.3) is 0 Å². The highest BCUT2D eigenvalue weighted by molar-refractivity contribution is 5.92. The van der Waals surface area contributed by atoms with E-state index in [1.165, 1.54) is 0 Å². The van der Waals surface area contributed by atoms with E-state index in [9.17, 15) is 5.11 Å². The predicted octanol–water partition coefficient (Wildman–Crippen LogP) is 4.28. The van der Waals surface area contributed by atoms with E-state index in [-0.39, 0.29) is 5.41 Å². The fourth-order valence-electron chi connectivity index (χ4n) is 3.48. The number of likely N-dealkylation sites (N-methyl/N-ethyl adjacent to an activating group) is 1. The molecule has 0 saturated heterocycles. The van der Waals surface area contributed by atoms with E-state index >= 15 is 0 Å². The van der Waals surface area contributed by atoms with Crippen molar-refractivity contribution in [3.63, 3.8) is 0 Å². The number of aromatic nitrogens is 2. The molecule has 26 heavy (non-hydrogen) atoms. The maximum atomic E-state index is 11.0. The van der Waals surface area contributed by atoms with E-state index in [0.29, 0.717) is 6.54 Å². The van der Waals surface area contributed by atoms with Crippen LogP contribution in [0.25, 0.3) is 22.2 Å². The summed E-state index contributed by atoms with van der Waals surface area (Å²) in [7, 11) is 3.93. The summed E-state index contributed by atoms with van der Waals surface area (Å²) in [6, 6.07) is 8.11. The van der Waals surface area contributed by atoms with E-state index < -0.39 is 6.10 Å². The minimum absolute atomic E-state index is 0.184. The molecule has 3 rings (SSSR count). The minimum Gasteiger partial charge on any atom is -0.387 e. The zero-order valence-corrected chi connectivity index (χ0v) is 16.6.